The lowest BCUT2D eigenvalue weighted by atomic mass is 9.99. The second-order valence-corrected chi connectivity index (χ2v) is 5.64. The maximum atomic E-state index is 13.7. The number of benzene rings is 2. The minimum absolute atomic E-state index is 0.205. The molecule has 2 N–H and O–H groups in total. The summed E-state index contributed by atoms with van der Waals surface area (Å²) >= 11 is 8.16. The molecule has 0 spiro atoms. The summed E-state index contributed by atoms with van der Waals surface area (Å²) in [6, 6.07) is 9.78. The van der Waals surface area contributed by atoms with Crippen LogP contribution in [0.4, 0.5) is 4.39 Å². The fourth-order valence-electron chi connectivity index (χ4n) is 1.81. The summed E-state index contributed by atoms with van der Waals surface area (Å²) in [5, 5.41) is 0.611. The lowest BCUT2D eigenvalue weighted by Gasteiger charge is -2.15. The first kappa shape index (κ1) is 14.6. The Balaban J connectivity index is 2.41. The van der Waals surface area contributed by atoms with Crippen molar-refractivity contribution in [3.63, 3.8) is 0 Å². The van der Waals surface area contributed by atoms with Crippen molar-refractivity contribution in [2.45, 2.75) is 6.04 Å². The first-order valence-corrected chi connectivity index (χ1v) is 7.02. The van der Waals surface area contributed by atoms with E-state index in [1.807, 2.05) is 6.07 Å². The van der Waals surface area contributed by atoms with Crippen molar-refractivity contribution < 1.29 is 9.13 Å². The van der Waals surface area contributed by atoms with Crippen LogP contribution in [0, 0.1) is 9.39 Å². The van der Waals surface area contributed by atoms with E-state index in [4.69, 9.17) is 22.1 Å². The Morgan fingerprint density at radius 2 is 2.00 bits per heavy atom. The molecule has 1 unspecified atom stereocenters. The zero-order valence-corrected chi connectivity index (χ0v) is 13.1. The maximum Gasteiger partial charge on any atom is 0.165 e. The van der Waals surface area contributed by atoms with Crippen molar-refractivity contribution in [3.8, 4) is 5.75 Å². The van der Waals surface area contributed by atoms with Crippen molar-refractivity contribution in [2.75, 3.05) is 7.11 Å². The van der Waals surface area contributed by atoms with Crippen molar-refractivity contribution in [3.05, 3.63) is 61.9 Å². The van der Waals surface area contributed by atoms with Crippen LogP contribution in [-0.4, -0.2) is 7.11 Å². The molecule has 0 fully saturated rings. The summed E-state index contributed by atoms with van der Waals surface area (Å²) in [4.78, 5) is 0. The zero-order valence-electron chi connectivity index (χ0n) is 10.2. The molecule has 1 atom stereocenters. The molecule has 0 saturated carbocycles. The Kier molecular flexibility index (Phi) is 4.65. The minimum atomic E-state index is -0.425. The molecule has 2 aromatic carbocycles. The number of hydrogen-bond donors (Lipinski definition) is 1. The van der Waals surface area contributed by atoms with Gasteiger partial charge in [-0.15, -0.1) is 0 Å². The molecule has 0 aliphatic rings. The van der Waals surface area contributed by atoms with Crippen LogP contribution in [0.25, 0.3) is 0 Å². The molecule has 0 aromatic heterocycles. The Bertz CT molecular complexity index is 606. The Morgan fingerprint density at radius 1 is 1.26 bits per heavy atom. The van der Waals surface area contributed by atoms with Gasteiger partial charge in [-0.3, -0.25) is 0 Å². The number of nitrogens with two attached hydrogens (primary N) is 1. The van der Waals surface area contributed by atoms with E-state index in [0.717, 1.165) is 9.13 Å². The summed E-state index contributed by atoms with van der Waals surface area (Å²) in [6.07, 6.45) is 0. The second-order valence-electron chi connectivity index (χ2n) is 4.04. The fraction of sp³-hybridized carbons (Fsp3) is 0.143. The molecule has 0 amide bonds. The van der Waals surface area contributed by atoms with E-state index in [-0.39, 0.29) is 5.75 Å². The van der Waals surface area contributed by atoms with Crippen LogP contribution in [0.2, 0.25) is 5.02 Å². The summed E-state index contributed by atoms with van der Waals surface area (Å²) in [5.74, 6) is -0.218. The summed E-state index contributed by atoms with van der Waals surface area (Å²) < 4.78 is 19.6. The van der Waals surface area contributed by atoms with Gasteiger partial charge in [0.2, 0.25) is 0 Å². The Labute approximate surface area is 129 Å². The van der Waals surface area contributed by atoms with Crippen LogP contribution in [0.1, 0.15) is 17.2 Å². The highest BCUT2D eigenvalue weighted by atomic mass is 127. The quantitative estimate of drug-likeness (QED) is 0.798. The molecule has 5 heteroatoms. The molecule has 0 heterocycles. The topological polar surface area (TPSA) is 35.2 Å². The molecule has 0 aliphatic heterocycles. The predicted molar refractivity (Wildman–Crippen MR) is 83.2 cm³/mol. The van der Waals surface area contributed by atoms with E-state index < -0.39 is 11.9 Å². The van der Waals surface area contributed by atoms with Crippen LogP contribution >= 0.6 is 34.2 Å². The SMILES string of the molecule is COc1ccc(C(N)c2cc(Cl)ccc2I)cc1F. The molecule has 0 bridgehead atoms. The molecule has 0 radical (unpaired) electrons. The molecular formula is C14H12ClFINO. The van der Waals surface area contributed by atoms with Gasteiger partial charge in [-0.1, -0.05) is 17.7 Å². The van der Waals surface area contributed by atoms with Crippen molar-refractivity contribution in [2.24, 2.45) is 5.73 Å². The molecule has 19 heavy (non-hydrogen) atoms. The van der Waals surface area contributed by atoms with E-state index in [0.29, 0.717) is 10.6 Å². The van der Waals surface area contributed by atoms with Crippen molar-refractivity contribution in [1.29, 1.82) is 0 Å². The molecule has 2 rings (SSSR count). The van der Waals surface area contributed by atoms with Gasteiger partial charge >= 0.3 is 0 Å². The summed E-state index contributed by atoms with van der Waals surface area (Å²) in [6.45, 7) is 0. The Morgan fingerprint density at radius 3 is 2.63 bits per heavy atom. The summed E-state index contributed by atoms with van der Waals surface area (Å²) in [5.41, 5.74) is 7.73. The first-order chi connectivity index (χ1) is 9.02. The maximum absolute atomic E-state index is 13.7. The van der Waals surface area contributed by atoms with Gasteiger partial charge in [0.1, 0.15) is 0 Å². The van der Waals surface area contributed by atoms with E-state index in [1.165, 1.54) is 13.2 Å². The highest BCUT2D eigenvalue weighted by Crippen LogP contribution is 2.29. The summed E-state index contributed by atoms with van der Waals surface area (Å²) in [7, 11) is 1.43. The zero-order chi connectivity index (χ0) is 14.0. The van der Waals surface area contributed by atoms with Gasteiger partial charge < -0.3 is 10.5 Å². The highest BCUT2D eigenvalue weighted by molar-refractivity contribution is 14.1. The standard InChI is InChI=1S/C14H12ClFINO/c1-19-13-5-2-8(6-11(13)16)14(18)10-7-9(15)3-4-12(10)17/h2-7,14H,18H2,1H3. The predicted octanol–water partition coefficient (Wildman–Crippen LogP) is 4.14. The van der Waals surface area contributed by atoms with Gasteiger partial charge in [0, 0.05) is 8.59 Å². The molecule has 100 valence electrons. The largest absolute Gasteiger partial charge is 0.494 e. The molecular weight excluding hydrogens is 380 g/mol. The van der Waals surface area contributed by atoms with Crippen molar-refractivity contribution >= 4 is 34.2 Å². The third-order valence-electron chi connectivity index (χ3n) is 2.83. The number of rotatable bonds is 3. The third-order valence-corrected chi connectivity index (χ3v) is 4.05. The van der Waals surface area contributed by atoms with Crippen molar-refractivity contribution in [1.82, 2.24) is 0 Å². The number of halogens is 3. The fourth-order valence-corrected chi connectivity index (χ4v) is 2.66. The van der Waals surface area contributed by atoms with Gasteiger partial charge in [-0.25, -0.2) is 4.39 Å². The van der Waals surface area contributed by atoms with Gasteiger partial charge in [0.25, 0.3) is 0 Å². The lowest BCUT2D eigenvalue weighted by molar-refractivity contribution is 0.386. The minimum Gasteiger partial charge on any atom is -0.494 e. The number of ether oxygens (including phenoxy) is 1. The first-order valence-electron chi connectivity index (χ1n) is 5.57. The van der Waals surface area contributed by atoms with Gasteiger partial charge in [0.05, 0.1) is 13.2 Å². The van der Waals surface area contributed by atoms with Crippen LogP contribution < -0.4 is 10.5 Å². The van der Waals surface area contributed by atoms with Gasteiger partial charge in [-0.2, -0.15) is 0 Å². The third kappa shape index (κ3) is 3.19. The highest BCUT2D eigenvalue weighted by Gasteiger charge is 2.15. The normalized spacial score (nSPS) is 12.3. The van der Waals surface area contributed by atoms with E-state index in [9.17, 15) is 4.39 Å². The van der Waals surface area contributed by atoms with E-state index in [2.05, 4.69) is 22.6 Å². The lowest BCUT2D eigenvalue weighted by Crippen LogP contribution is -2.13. The van der Waals surface area contributed by atoms with E-state index in [1.54, 1.807) is 24.3 Å². The average Bonchev–Trinajstić information content (AvgIpc) is 2.40. The second kappa shape index (κ2) is 6.07. The molecule has 0 aliphatic carbocycles. The van der Waals surface area contributed by atoms with Crippen LogP contribution in [-0.2, 0) is 0 Å². The number of hydrogen-bond acceptors (Lipinski definition) is 2. The van der Waals surface area contributed by atoms with Crippen LogP contribution in [0.5, 0.6) is 5.75 Å². The molecule has 2 nitrogen and oxygen atoms in total. The average molecular weight is 392 g/mol. The monoisotopic (exact) mass is 391 g/mol. The smallest absolute Gasteiger partial charge is 0.165 e. The van der Waals surface area contributed by atoms with Gasteiger partial charge in [0.15, 0.2) is 11.6 Å². The van der Waals surface area contributed by atoms with Crippen LogP contribution in [0.15, 0.2) is 36.4 Å². The van der Waals surface area contributed by atoms with Gasteiger partial charge in [-0.05, 0) is 64.0 Å². The molecule has 0 saturated heterocycles. The Hall–Kier alpha value is -0.850. The molecule has 2 aromatic rings. The number of methoxy groups -OCH3 is 1. The van der Waals surface area contributed by atoms with E-state index >= 15 is 0 Å². The van der Waals surface area contributed by atoms with Crippen LogP contribution in [0.3, 0.4) is 0 Å².